The first-order valence-corrected chi connectivity index (χ1v) is 7.87. The van der Waals surface area contributed by atoms with Crippen molar-refractivity contribution >= 4 is 32.9 Å². The van der Waals surface area contributed by atoms with Crippen LogP contribution in [0.3, 0.4) is 0 Å². The van der Waals surface area contributed by atoms with Gasteiger partial charge in [0.1, 0.15) is 5.82 Å². The Kier molecular flexibility index (Phi) is 3.36. The molecule has 0 radical (unpaired) electrons. The molecule has 5 heteroatoms. The molecule has 0 spiro atoms. The first kappa shape index (κ1) is 12.5. The van der Waals surface area contributed by atoms with Crippen molar-refractivity contribution in [2.24, 2.45) is 16.6 Å². The third-order valence-corrected chi connectivity index (χ3v) is 5.28. The number of amidine groups is 1. The molecule has 1 heterocycles. The molecule has 1 aliphatic heterocycles. The summed E-state index contributed by atoms with van der Waals surface area (Å²) in [6, 6.07) is 3.65. The van der Waals surface area contributed by atoms with Crippen LogP contribution in [0.25, 0.3) is 0 Å². The van der Waals surface area contributed by atoms with Gasteiger partial charge in [-0.1, -0.05) is 11.8 Å². The molecule has 1 aromatic carbocycles. The highest BCUT2D eigenvalue weighted by molar-refractivity contribution is 9.10. The summed E-state index contributed by atoms with van der Waals surface area (Å²) in [6.45, 7) is 0. The molecule has 2 N–H and O–H groups in total. The van der Waals surface area contributed by atoms with E-state index in [0.717, 1.165) is 36.1 Å². The summed E-state index contributed by atoms with van der Waals surface area (Å²) in [5.41, 5.74) is 8.08. The quantitative estimate of drug-likeness (QED) is 0.789. The van der Waals surface area contributed by atoms with Gasteiger partial charge in [0.2, 0.25) is 0 Å². The van der Waals surface area contributed by atoms with E-state index in [9.17, 15) is 4.39 Å². The van der Waals surface area contributed by atoms with Gasteiger partial charge in [0.25, 0.3) is 0 Å². The number of aliphatic imine (C=N–C) groups is 1. The summed E-state index contributed by atoms with van der Waals surface area (Å²) in [7, 11) is 0. The molecular formula is C13H14BrFN2S. The molecule has 0 saturated carbocycles. The lowest BCUT2D eigenvalue weighted by molar-refractivity contribution is 0.448. The molecule has 0 saturated heterocycles. The van der Waals surface area contributed by atoms with Crippen molar-refractivity contribution in [2.75, 3.05) is 5.75 Å². The van der Waals surface area contributed by atoms with Crippen molar-refractivity contribution in [1.29, 1.82) is 0 Å². The summed E-state index contributed by atoms with van der Waals surface area (Å²) >= 11 is 4.91. The standard InChI is InChI=1S/C13H14BrFN2S/c14-10-5-9-7(4-11(10)15)2-1-3-8-6-18-13(16)17-12(8)9/h4-5,8,12H,1-3,6H2,(H2,16,17)/t8-,12+/m1/s1. The summed E-state index contributed by atoms with van der Waals surface area (Å²) in [5, 5.41) is 0.657. The van der Waals surface area contributed by atoms with Crippen LogP contribution in [0.4, 0.5) is 4.39 Å². The second-order valence-electron chi connectivity index (χ2n) is 4.84. The van der Waals surface area contributed by atoms with E-state index in [4.69, 9.17) is 5.73 Å². The molecule has 96 valence electrons. The molecule has 2 nitrogen and oxygen atoms in total. The zero-order chi connectivity index (χ0) is 12.7. The number of fused-ring (bicyclic) bond motifs is 3. The van der Waals surface area contributed by atoms with Gasteiger partial charge < -0.3 is 5.73 Å². The van der Waals surface area contributed by atoms with Crippen molar-refractivity contribution < 1.29 is 4.39 Å². The van der Waals surface area contributed by atoms with Crippen molar-refractivity contribution in [3.63, 3.8) is 0 Å². The van der Waals surface area contributed by atoms with Crippen LogP contribution in [0, 0.1) is 11.7 Å². The van der Waals surface area contributed by atoms with Crippen LogP contribution in [0.1, 0.15) is 30.0 Å². The van der Waals surface area contributed by atoms with Crippen LogP contribution < -0.4 is 5.73 Å². The number of thioether (sulfide) groups is 1. The van der Waals surface area contributed by atoms with Crippen LogP contribution in [0.5, 0.6) is 0 Å². The first-order valence-electron chi connectivity index (χ1n) is 6.09. The van der Waals surface area contributed by atoms with Crippen molar-refractivity contribution in [3.8, 4) is 0 Å². The number of hydrogen-bond acceptors (Lipinski definition) is 3. The van der Waals surface area contributed by atoms with E-state index in [1.807, 2.05) is 6.07 Å². The van der Waals surface area contributed by atoms with Crippen LogP contribution in [0.2, 0.25) is 0 Å². The van der Waals surface area contributed by atoms with Gasteiger partial charge in [-0.25, -0.2) is 4.39 Å². The van der Waals surface area contributed by atoms with E-state index < -0.39 is 0 Å². The van der Waals surface area contributed by atoms with Gasteiger partial charge in [0.15, 0.2) is 5.17 Å². The molecule has 1 aliphatic carbocycles. The van der Waals surface area contributed by atoms with Crippen molar-refractivity contribution in [2.45, 2.75) is 25.3 Å². The maximum absolute atomic E-state index is 13.6. The van der Waals surface area contributed by atoms with Crippen LogP contribution >= 0.6 is 27.7 Å². The number of halogens is 2. The fourth-order valence-corrected chi connectivity index (χ4v) is 4.06. The Balaban J connectivity index is 2.11. The number of nitrogens with zero attached hydrogens (tertiary/aromatic N) is 1. The third kappa shape index (κ3) is 2.18. The molecule has 0 aromatic heterocycles. The molecule has 2 atom stereocenters. The van der Waals surface area contributed by atoms with Crippen LogP contribution in [-0.2, 0) is 6.42 Å². The third-order valence-electron chi connectivity index (χ3n) is 3.68. The molecular weight excluding hydrogens is 315 g/mol. The van der Waals surface area contributed by atoms with E-state index in [0.29, 0.717) is 15.6 Å². The minimum absolute atomic E-state index is 0.112. The first-order chi connectivity index (χ1) is 8.65. The molecule has 1 aromatic rings. The normalized spacial score (nSPS) is 26.9. The predicted molar refractivity (Wildman–Crippen MR) is 77.3 cm³/mol. The Bertz CT molecular complexity index is 518. The minimum atomic E-state index is -0.186. The maximum Gasteiger partial charge on any atom is 0.154 e. The number of aryl methyl sites for hydroxylation is 1. The zero-order valence-corrected chi connectivity index (χ0v) is 12.2. The summed E-state index contributed by atoms with van der Waals surface area (Å²) in [4.78, 5) is 4.59. The fourth-order valence-electron chi connectivity index (χ4n) is 2.78. The lowest BCUT2D eigenvalue weighted by Gasteiger charge is -2.27. The molecule has 0 unspecified atom stereocenters. The van der Waals surface area contributed by atoms with E-state index in [1.165, 1.54) is 0 Å². The van der Waals surface area contributed by atoms with Crippen molar-refractivity contribution in [1.82, 2.24) is 0 Å². The second-order valence-corrected chi connectivity index (χ2v) is 6.74. The average Bonchev–Trinajstić information content (AvgIpc) is 2.50. The lowest BCUT2D eigenvalue weighted by Crippen LogP contribution is -2.24. The Morgan fingerprint density at radius 1 is 1.44 bits per heavy atom. The molecule has 18 heavy (non-hydrogen) atoms. The number of nitrogens with two attached hydrogens (primary N) is 1. The van der Waals surface area contributed by atoms with Gasteiger partial charge in [-0.2, -0.15) is 0 Å². The molecule has 0 amide bonds. The van der Waals surface area contributed by atoms with Gasteiger partial charge in [0.05, 0.1) is 10.5 Å². The van der Waals surface area contributed by atoms with Gasteiger partial charge in [0, 0.05) is 5.75 Å². The SMILES string of the molecule is NC1=N[C@@H]2c3cc(Br)c(F)cc3CCC[C@@H]2CS1. The van der Waals surface area contributed by atoms with Crippen LogP contribution in [-0.4, -0.2) is 10.9 Å². The Morgan fingerprint density at radius 3 is 3.11 bits per heavy atom. The largest absolute Gasteiger partial charge is 0.379 e. The average molecular weight is 329 g/mol. The molecule has 0 bridgehead atoms. The van der Waals surface area contributed by atoms with Crippen molar-refractivity contribution in [3.05, 3.63) is 33.5 Å². The van der Waals surface area contributed by atoms with Gasteiger partial charge in [-0.3, -0.25) is 4.99 Å². The number of rotatable bonds is 0. The zero-order valence-electron chi connectivity index (χ0n) is 9.83. The highest BCUT2D eigenvalue weighted by Gasteiger charge is 2.31. The van der Waals surface area contributed by atoms with Crippen LogP contribution in [0.15, 0.2) is 21.6 Å². The predicted octanol–water partition coefficient (Wildman–Crippen LogP) is 3.64. The van der Waals surface area contributed by atoms with Gasteiger partial charge in [-0.05, 0) is 64.4 Å². The lowest BCUT2D eigenvalue weighted by atomic mass is 9.92. The molecule has 0 fully saturated rings. The summed E-state index contributed by atoms with van der Waals surface area (Å²) < 4.78 is 14.2. The highest BCUT2D eigenvalue weighted by Crippen LogP contribution is 2.42. The Morgan fingerprint density at radius 2 is 2.28 bits per heavy atom. The minimum Gasteiger partial charge on any atom is -0.379 e. The summed E-state index contributed by atoms with van der Waals surface area (Å²) in [6.07, 6.45) is 3.18. The van der Waals surface area contributed by atoms with Gasteiger partial charge in [-0.15, -0.1) is 0 Å². The maximum atomic E-state index is 13.6. The topological polar surface area (TPSA) is 38.4 Å². The number of hydrogen-bond donors (Lipinski definition) is 1. The fraction of sp³-hybridized carbons (Fsp3) is 0.462. The van der Waals surface area contributed by atoms with E-state index in [2.05, 4.69) is 20.9 Å². The molecule has 3 rings (SSSR count). The van der Waals surface area contributed by atoms with Gasteiger partial charge >= 0.3 is 0 Å². The highest BCUT2D eigenvalue weighted by atomic mass is 79.9. The Labute approximate surface area is 118 Å². The van der Waals surface area contributed by atoms with E-state index in [-0.39, 0.29) is 11.9 Å². The number of benzene rings is 1. The summed E-state index contributed by atoms with van der Waals surface area (Å²) in [5.74, 6) is 1.37. The monoisotopic (exact) mass is 328 g/mol. The van der Waals surface area contributed by atoms with E-state index >= 15 is 0 Å². The van der Waals surface area contributed by atoms with E-state index in [1.54, 1.807) is 17.8 Å². The smallest absolute Gasteiger partial charge is 0.154 e. The second kappa shape index (κ2) is 4.85. The Hall–Kier alpha value is -0.550. The molecule has 2 aliphatic rings.